The van der Waals surface area contributed by atoms with Gasteiger partial charge in [0.1, 0.15) is 23.2 Å². The third kappa shape index (κ3) is 4.51. The Balaban J connectivity index is 1.67. The van der Waals surface area contributed by atoms with Crippen molar-refractivity contribution in [3.63, 3.8) is 0 Å². The van der Waals surface area contributed by atoms with Crippen LogP contribution >= 0.6 is 0 Å². The third-order valence-corrected chi connectivity index (χ3v) is 4.80. The Morgan fingerprint density at radius 1 is 1.00 bits per heavy atom. The van der Waals surface area contributed by atoms with E-state index in [0.29, 0.717) is 32.4 Å². The fourth-order valence-electron chi connectivity index (χ4n) is 3.39. The van der Waals surface area contributed by atoms with Gasteiger partial charge in [0.05, 0.1) is 0 Å². The highest BCUT2D eigenvalue weighted by atomic mass is 19.1. The lowest BCUT2D eigenvalue weighted by molar-refractivity contribution is -0.126. The van der Waals surface area contributed by atoms with Gasteiger partial charge in [-0.25, -0.2) is 8.78 Å². The molecule has 0 spiro atoms. The molecule has 1 fully saturated rings. The van der Waals surface area contributed by atoms with Gasteiger partial charge in [-0.15, -0.1) is 0 Å². The molecule has 2 aromatic carbocycles. The maximum Gasteiger partial charge on any atom is 0.260 e. The van der Waals surface area contributed by atoms with E-state index in [1.54, 1.807) is 0 Å². The molecule has 0 saturated carbocycles. The van der Waals surface area contributed by atoms with Crippen molar-refractivity contribution in [2.45, 2.75) is 31.7 Å². The summed E-state index contributed by atoms with van der Waals surface area (Å²) in [5, 5.41) is 2.85. The number of nitrogens with one attached hydrogen (secondary N) is 1. The quantitative estimate of drug-likeness (QED) is 0.875. The van der Waals surface area contributed by atoms with Crippen LogP contribution in [0.3, 0.4) is 0 Å². The number of nitrogens with zero attached hydrogens (tertiary/aromatic N) is 1. The zero-order valence-electron chi connectivity index (χ0n) is 15.0. The molecular formula is C21H22F2N2O2. The molecule has 0 aromatic heterocycles. The normalized spacial score (nSPS) is 16.8. The summed E-state index contributed by atoms with van der Waals surface area (Å²) in [4.78, 5) is 26.6. The van der Waals surface area contributed by atoms with Crippen molar-refractivity contribution in [2.75, 3.05) is 13.1 Å². The van der Waals surface area contributed by atoms with Crippen molar-refractivity contribution >= 4 is 11.8 Å². The monoisotopic (exact) mass is 372 g/mol. The number of halogens is 2. The van der Waals surface area contributed by atoms with Crippen LogP contribution in [0.1, 0.15) is 35.2 Å². The second-order valence-corrected chi connectivity index (χ2v) is 6.63. The number of piperidine rings is 1. The number of carbonyl (C=O) groups is 2. The molecule has 1 unspecified atom stereocenters. The lowest BCUT2D eigenvalue weighted by Gasteiger charge is -2.35. The smallest absolute Gasteiger partial charge is 0.260 e. The van der Waals surface area contributed by atoms with E-state index in [9.17, 15) is 18.4 Å². The Labute approximate surface area is 157 Å². The Morgan fingerprint density at radius 3 is 2.41 bits per heavy atom. The van der Waals surface area contributed by atoms with Gasteiger partial charge in [0.2, 0.25) is 5.91 Å². The molecule has 1 heterocycles. The summed E-state index contributed by atoms with van der Waals surface area (Å²) in [6, 6.07) is 12.3. The van der Waals surface area contributed by atoms with Crippen LogP contribution in [0.2, 0.25) is 0 Å². The number of likely N-dealkylation sites (tertiary alicyclic amines) is 1. The highest BCUT2D eigenvalue weighted by molar-refractivity contribution is 5.98. The summed E-state index contributed by atoms with van der Waals surface area (Å²) in [6.45, 7) is 0.749. The minimum absolute atomic E-state index is 0.282. The highest BCUT2D eigenvalue weighted by Gasteiger charge is 2.34. The van der Waals surface area contributed by atoms with Gasteiger partial charge >= 0.3 is 0 Å². The minimum atomic E-state index is -0.909. The van der Waals surface area contributed by atoms with Crippen LogP contribution in [0.4, 0.5) is 8.78 Å². The first-order valence-corrected chi connectivity index (χ1v) is 9.14. The maximum absolute atomic E-state index is 14.0. The molecule has 142 valence electrons. The summed E-state index contributed by atoms with van der Waals surface area (Å²) in [5.74, 6) is -2.87. The SMILES string of the molecule is O=C(NCCc1ccccc1)C1CCCCN1C(=O)c1c(F)cccc1F. The van der Waals surface area contributed by atoms with Gasteiger partial charge in [-0.3, -0.25) is 9.59 Å². The summed E-state index contributed by atoms with van der Waals surface area (Å²) >= 11 is 0. The van der Waals surface area contributed by atoms with E-state index in [1.807, 2.05) is 30.3 Å². The van der Waals surface area contributed by atoms with E-state index in [-0.39, 0.29) is 5.91 Å². The van der Waals surface area contributed by atoms with Crippen LogP contribution < -0.4 is 5.32 Å². The topological polar surface area (TPSA) is 49.4 Å². The Kier molecular flexibility index (Phi) is 6.16. The molecule has 1 N–H and O–H groups in total. The second kappa shape index (κ2) is 8.75. The lowest BCUT2D eigenvalue weighted by atomic mass is 9.99. The zero-order chi connectivity index (χ0) is 19.2. The average molecular weight is 372 g/mol. The van der Waals surface area contributed by atoms with Gasteiger partial charge in [0, 0.05) is 13.1 Å². The van der Waals surface area contributed by atoms with E-state index in [0.717, 1.165) is 24.1 Å². The molecule has 1 saturated heterocycles. The number of benzene rings is 2. The average Bonchev–Trinajstić information content (AvgIpc) is 2.68. The van der Waals surface area contributed by atoms with Crippen LogP contribution in [-0.4, -0.2) is 35.8 Å². The molecule has 2 aromatic rings. The molecule has 0 radical (unpaired) electrons. The first-order valence-electron chi connectivity index (χ1n) is 9.14. The van der Waals surface area contributed by atoms with Crippen molar-refractivity contribution in [2.24, 2.45) is 0 Å². The van der Waals surface area contributed by atoms with Gasteiger partial charge in [-0.05, 0) is 43.4 Å². The van der Waals surface area contributed by atoms with Gasteiger partial charge in [0.15, 0.2) is 0 Å². The summed E-state index contributed by atoms with van der Waals surface area (Å²) in [6.07, 6.45) is 2.66. The van der Waals surface area contributed by atoms with E-state index < -0.39 is 29.1 Å². The van der Waals surface area contributed by atoms with E-state index >= 15 is 0 Å². The minimum Gasteiger partial charge on any atom is -0.354 e. The molecule has 4 nitrogen and oxygen atoms in total. The van der Waals surface area contributed by atoms with E-state index in [2.05, 4.69) is 5.32 Å². The van der Waals surface area contributed by atoms with Crippen LogP contribution in [0.15, 0.2) is 48.5 Å². The predicted octanol–water partition coefficient (Wildman–Crippen LogP) is 3.32. The standard InChI is InChI=1S/C21H22F2N2O2/c22-16-9-6-10-17(23)19(16)21(27)25-14-5-4-11-18(25)20(26)24-13-12-15-7-2-1-3-8-15/h1-3,6-10,18H,4-5,11-14H2,(H,24,26). The summed E-state index contributed by atoms with van der Waals surface area (Å²) < 4.78 is 28.0. The van der Waals surface area contributed by atoms with Gasteiger partial charge in [-0.1, -0.05) is 36.4 Å². The number of rotatable bonds is 5. The Hall–Kier alpha value is -2.76. The molecule has 6 heteroatoms. The molecule has 3 rings (SSSR count). The molecule has 0 aliphatic carbocycles. The van der Waals surface area contributed by atoms with Crippen molar-refractivity contribution in [3.8, 4) is 0 Å². The summed E-state index contributed by atoms with van der Waals surface area (Å²) in [7, 11) is 0. The number of carbonyl (C=O) groups excluding carboxylic acids is 2. The zero-order valence-corrected chi connectivity index (χ0v) is 15.0. The fourth-order valence-corrected chi connectivity index (χ4v) is 3.39. The summed E-state index contributed by atoms with van der Waals surface area (Å²) in [5.41, 5.74) is 0.504. The van der Waals surface area contributed by atoms with Crippen LogP contribution in [0.5, 0.6) is 0 Å². The predicted molar refractivity (Wildman–Crippen MR) is 98.2 cm³/mol. The maximum atomic E-state index is 14.0. The van der Waals surface area contributed by atoms with Gasteiger partial charge in [-0.2, -0.15) is 0 Å². The first kappa shape index (κ1) is 19.0. The van der Waals surface area contributed by atoms with Crippen molar-refractivity contribution < 1.29 is 18.4 Å². The molecule has 0 bridgehead atoms. The molecule has 2 amide bonds. The van der Waals surface area contributed by atoms with Crippen molar-refractivity contribution in [1.29, 1.82) is 0 Å². The number of amides is 2. The molecule has 1 atom stereocenters. The van der Waals surface area contributed by atoms with Crippen molar-refractivity contribution in [3.05, 3.63) is 71.3 Å². The number of hydrogen-bond acceptors (Lipinski definition) is 2. The van der Waals surface area contributed by atoms with Crippen molar-refractivity contribution in [1.82, 2.24) is 10.2 Å². The third-order valence-electron chi connectivity index (χ3n) is 4.80. The van der Waals surface area contributed by atoms with Crippen LogP contribution in [-0.2, 0) is 11.2 Å². The second-order valence-electron chi connectivity index (χ2n) is 6.63. The Bertz CT molecular complexity index is 791. The molecule has 1 aliphatic heterocycles. The highest BCUT2D eigenvalue weighted by Crippen LogP contribution is 2.22. The van der Waals surface area contributed by atoms with Crippen LogP contribution in [0, 0.1) is 11.6 Å². The first-order chi connectivity index (χ1) is 13.1. The van der Waals surface area contributed by atoms with Crippen LogP contribution in [0.25, 0.3) is 0 Å². The fraction of sp³-hybridized carbons (Fsp3) is 0.333. The van der Waals surface area contributed by atoms with E-state index in [4.69, 9.17) is 0 Å². The number of hydrogen-bond donors (Lipinski definition) is 1. The van der Waals surface area contributed by atoms with E-state index in [1.165, 1.54) is 11.0 Å². The lowest BCUT2D eigenvalue weighted by Crippen LogP contribution is -2.52. The Morgan fingerprint density at radius 2 is 1.70 bits per heavy atom. The largest absolute Gasteiger partial charge is 0.354 e. The molecule has 27 heavy (non-hydrogen) atoms. The van der Waals surface area contributed by atoms with Gasteiger partial charge < -0.3 is 10.2 Å². The molecule has 1 aliphatic rings. The molecular weight excluding hydrogens is 350 g/mol. The van der Waals surface area contributed by atoms with Gasteiger partial charge in [0.25, 0.3) is 5.91 Å².